The summed E-state index contributed by atoms with van der Waals surface area (Å²) in [6, 6.07) is 14.8. The summed E-state index contributed by atoms with van der Waals surface area (Å²) < 4.78 is 44.6. The van der Waals surface area contributed by atoms with Crippen LogP contribution in [0.2, 0.25) is 0 Å². The zero-order valence-corrected chi connectivity index (χ0v) is 16.3. The van der Waals surface area contributed by atoms with Crippen molar-refractivity contribution >= 4 is 27.0 Å². The van der Waals surface area contributed by atoms with Crippen LogP contribution in [0.25, 0.3) is 16.7 Å². The molecule has 2 heterocycles. The first kappa shape index (κ1) is 19.3. The number of nitrogens with zero attached hydrogens (tertiary/aromatic N) is 3. The molecule has 0 unspecified atom stereocenters. The number of ether oxygens (including phenoxy) is 1. The van der Waals surface area contributed by atoms with Gasteiger partial charge in [-0.3, -0.25) is 9.36 Å². The van der Waals surface area contributed by atoms with Gasteiger partial charge in [0.25, 0.3) is 5.56 Å². The maximum absolute atomic E-state index is 12.9. The number of alkyl halides is 3. The molecule has 0 amide bonds. The second kappa shape index (κ2) is 7.40. The quantitative estimate of drug-likeness (QED) is 0.432. The summed E-state index contributed by atoms with van der Waals surface area (Å²) in [7, 11) is 0. The molecule has 0 aliphatic carbocycles. The summed E-state index contributed by atoms with van der Waals surface area (Å²) in [5.74, 6) is -0.360. The first-order valence-electron chi connectivity index (χ1n) is 8.48. The molecule has 2 aromatic carbocycles. The largest absolute Gasteiger partial charge is 0.573 e. The number of fused-ring (bicyclic) bond motifs is 1. The normalized spacial score (nSPS) is 11.7. The van der Waals surface area contributed by atoms with E-state index in [0.29, 0.717) is 22.2 Å². The molecule has 0 atom stereocenters. The van der Waals surface area contributed by atoms with Crippen molar-refractivity contribution in [2.45, 2.75) is 12.9 Å². The van der Waals surface area contributed by atoms with Gasteiger partial charge in [-0.15, -0.1) is 13.2 Å². The van der Waals surface area contributed by atoms with E-state index in [2.05, 4.69) is 25.7 Å². The zero-order chi connectivity index (χ0) is 20.6. The van der Waals surface area contributed by atoms with Crippen LogP contribution in [0, 0.1) is 0 Å². The highest BCUT2D eigenvalue weighted by molar-refractivity contribution is 9.10. The highest BCUT2D eigenvalue weighted by Crippen LogP contribution is 2.26. The van der Waals surface area contributed by atoms with Gasteiger partial charge in [-0.2, -0.15) is 0 Å². The summed E-state index contributed by atoms with van der Waals surface area (Å²) in [6.45, 7) is 0.545. The zero-order valence-electron chi connectivity index (χ0n) is 14.7. The average Bonchev–Trinajstić information content (AvgIpc) is 3.09. The molecule has 148 valence electrons. The van der Waals surface area contributed by atoms with Crippen LogP contribution in [0.4, 0.5) is 13.2 Å². The molecule has 5 nitrogen and oxygen atoms in total. The Morgan fingerprint density at radius 2 is 1.72 bits per heavy atom. The highest BCUT2D eigenvalue weighted by Gasteiger charge is 2.31. The second-order valence-corrected chi connectivity index (χ2v) is 7.10. The second-order valence-electron chi connectivity index (χ2n) is 6.25. The van der Waals surface area contributed by atoms with Gasteiger partial charge in [0.05, 0.1) is 16.3 Å². The molecule has 0 aliphatic heterocycles. The van der Waals surface area contributed by atoms with Crippen LogP contribution in [0.5, 0.6) is 5.75 Å². The van der Waals surface area contributed by atoms with Gasteiger partial charge in [0, 0.05) is 18.4 Å². The summed E-state index contributed by atoms with van der Waals surface area (Å²) in [4.78, 5) is 17.2. The number of imidazole rings is 1. The minimum atomic E-state index is -4.77. The van der Waals surface area contributed by atoms with Crippen molar-refractivity contribution in [2.75, 3.05) is 0 Å². The number of hydrogen-bond acceptors (Lipinski definition) is 3. The molecule has 29 heavy (non-hydrogen) atoms. The lowest BCUT2D eigenvalue weighted by molar-refractivity contribution is -0.274. The molecule has 0 N–H and O–H groups in total. The Kier molecular flexibility index (Phi) is 4.91. The predicted octanol–water partition coefficient (Wildman–Crippen LogP) is 4.90. The van der Waals surface area contributed by atoms with Crippen LogP contribution in [0.3, 0.4) is 0 Å². The minimum Gasteiger partial charge on any atom is -0.406 e. The molecule has 0 fully saturated rings. The van der Waals surface area contributed by atoms with Crippen molar-refractivity contribution in [1.29, 1.82) is 0 Å². The van der Waals surface area contributed by atoms with E-state index in [1.54, 1.807) is 12.5 Å². The molecule has 0 saturated carbocycles. The summed E-state index contributed by atoms with van der Waals surface area (Å²) in [5.41, 5.74) is 1.98. The van der Waals surface area contributed by atoms with Gasteiger partial charge < -0.3 is 9.30 Å². The Morgan fingerprint density at radius 1 is 1.03 bits per heavy atom. The SMILES string of the molecule is O=c1c2ncn(Cc3ccccc3)c2c(Br)cn1-c1ccc(OC(F)(F)F)cc1. The molecular weight excluding hydrogens is 451 g/mol. The Hall–Kier alpha value is -3.07. The molecule has 4 aromatic rings. The number of rotatable bonds is 4. The number of benzene rings is 2. The van der Waals surface area contributed by atoms with Gasteiger partial charge in [0.2, 0.25) is 0 Å². The highest BCUT2D eigenvalue weighted by atomic mass is 79.9. The van der Waals surface area contributed by atoms with Crippen molar-refractivity contribution in [3.8, 4) is 11.4 Å². The van der Waals surface area contributed by atoms with Crippen molar-refractivity contribution in [3.05, 3.63) is 87.5 Å². The summed E-state index contributed by atoms with van der Waals surface area (Å²) >= 11 is 3.48. The van der Waals surface area contributed by atoms with Crippen molar-refractivity contribution < 1.29 is 17.9 Å². The maximum Gasteiger partial charge on any atom is 0.573 e. The lowest BCUT2D eigenvalue weighted by Gasteiger charge is -2.11. The fraction of sp³-hybridized carbons (Fsp3) is 0.100. The number of hydrogen-bond donors (Lipinski definition) is 0. The average molecular weight is 464 g/mol. The molecule has 0 aliphatic rings. The third kappa shape index (κ3) is 4.04. The Labute approximate surface area is 171 Å². The number of halogens is 4. The van der Waals surface area contributed by atoms with Crippen molar-refractivity contribution in [1.82, 2.24) is 14.1 Å². The van der Waals surface area contributed by atoms with Gasteiger partial charge in [-0.25, -0.2) is 4.98 Å². The topological polar surface area (TPSA) is 49.0 Å². The molecular formula is C20H13BrF3N3O2. The molecule has 0 spiro atoms. The molecule has 9 heteroatoms. The monoisotopic (exact) mass is 463 g/mol. The van der Waals surface area contributed by atoms with E-state index in [-0.39, 0.29) is 16.8 Å². The van der Waals surface area contributed by atoms with Crippen LogP contribution in [0.15, 0.2) is 76.4 Å². The molecule has 0 saturated heterocycles. The van der Waals surface area contributed by atoms with Gasteiger partial charge >= 0.3 is 6.36 Å². The Balaban J connectivity index is 1.72. The van der Waals surface area contributed by atoms with Crippen LogP contribution in [0.1, 0.15) is 5.56 Å². The number of pyridine rings is 1. The third-order valence-electron chi connectivity index (χ3n) is 4.27. The Morgan fingerprint density at radius 3 is 2.38 bits per heavy atom. The van der Waals surface area contributed by atoms with Gasteiger partial charge in [-0.05, 0) is 45.8 Å². The van der Waals surface area contributed by atoms with E-state index in [1.165, 1.54) is 16.7 Å². The number of aromatic nitrogens is 3. The molecule has 4 rings (SSSR count). The fourth-order valence-electron chi connectivity index (χ4n) is 3.04. The van der Waals surface area contributed by atoms with E-state index in [9.17, 15) is 18.0 Å². The van der Waals surface area contributed by atoms with Crippen LogP contribution in [-0.4, -0.2) is 20.5 Å². The third-order valence-corrected chi connectivity index (χ3v) is 4.85. The van der Waals surface area contributed by atoms with Gasteiger partial charge in [-0.1, -0.05) is 30.3 Å². The van der Waals surface area contributed by atoms with Crippen molar-refractivity contribution in [3.63, 3.8) is 0 Å². The van der Waals surface area contributed by atoms with Crippen LogP contribution >= 0.6 is 15.9 Å². The van der Waals surface area contributed by atoms with E-state index >= 15 is 0 Å². The Bertz CT molecular complexity index is 1220. The smallest absolute Gasteiger partial charge is 0.406 e. The van der Waals surface area contributed by atoms with Crippen molar-refractivity contribution in [2.24, 2.45) is 0 Å². The first-order chi connectivity index (χ1) is 13.8. The summed E-state index contributed by atoms with van der Waals surface area (Å²) in [5, 5.41) is 0. The minimum absolute atomic E-state index is 0.255. The van der Waals surface area contributed by atoms with E-state index in [0.717, 1.165) is 17.7 Å². The van der Waals surface area contributed by atoms with Gasteiger partial charge in [0.1, 0.15) is 5.75 Å². The molecule has 0 radical (unpaired) electrons. The van der Waals surface area contributed by atoms with E-state index < -0.39 is 6.36 Å². The van der Waals surface area contributed by atoms with Gasteiger partial charge in [0.15, 0.2) is 5.52 Å². The summed E-state index contributed by atoms with van der Waals surface area (Å²) in [6.07, 6.45) is -1.60. The molecule has 0 bridgehead atoms. The van der Waals surface area contributed by atoms with Crippen LogP contribution < -0.4 is 10.3 Å². The van der Waals surface area contributed by atoms with E-state index in [4.69, 9.17) is 0 Å². The lowest BCUT2D eigenvalue weighted by Crippen LogP contribution is -2.19. The fourth-order valence-corrected chi connectivity index (χ4v) is 3.66. The van der Waals surface area contributed by atoms with E-state index in [1.807, 2.05) is 34.9 Å². The molecule has 2 aromatic heterocycles. The lowest BCUT2D eigenvalue weighted by atomic mass is 10.2. The van der Waals surface area contributed by atoms with Crippen LogP contribution in [-0.2, 0) is 6.54 Å². The predicted molar refractivity (Wildman–Crippen MR) is 105 cm³/mol. The first-order valence-corrected chi connectivity index (χ1v) is 9.27. The maximum atomic E-state index is 12.9. The standard InChI is InChI=1S/C20H13BrF3N3O2/c21-16-11-27(14-6-8-15(9-7-14)29-20(22,23)24)19(28)17-18(16)26(12-25-17)10-13-4-2-1-3-5-13/h1-9,11-12H,10H2.